The van der Waals surface area contributed by atoms with Gasteiger partial charge in [0.1, 0.15) is 5.82 Å². The standard InChI is InChI=1S/C19H24FN5S/c1-4-21-19(24-11-18-12(2)25-13(3)26-18)22-8-7-14-10-23-17-6-5-15(20)9-16(14)17/h5-6,9-10,23H,4,7-8,11H2,1-3H3,(H2,21,22,24). The van der Waals surface area contributed by atoms with Gasteiger partial charge < -0.3 is 15.6 Å². The number of aryl methyl sites for hydroxylation is 2. The molecule has 0 amide bonds. The molecule has 3 rings (SSSR count). The summed E-state index contributed by atoms with van der Waals surface area (Å²) in [5.41, 5.74) is 3.10. The van der Waals surface area contributed by atoms with Gasteiger partial charge in [-0.3, -0.25) is 0 Å². The molecule has 0 fully saturated rings. The lowest BCUT2D eigenvalue weighted by molar-refractivity contribution is 0.629. The first-order valence-corrected chi connectivity index (χ1v) is 9.59. The highest BCUT2D eigenvalue weighted by molar-refractivity contribution is 7.11. The third-order valence-corrected chi connectivity index (χ3v) is 5.20. The van der Waals surface area contributed by atoms with Crippen LogP contribution in [-0.4, -0.2) is 29.0 Å². The molecule has 26 heavy (non-hydrogen) atoms. The highest BCUT2D eigenvalue weighted by Crippen LogP contribution is 2.20. The minimum absolute atomic E-state index is 0.212. The Labute approximate surface area is 156 Å². The number of benzene rings is 1. The smallest absolute Gasteiger partial charge is 0.191 e. The number of aromatic amines is 1. The van der Waals surface area contributed by atoms with Crippen LogP contribution in [0.3, 0.4) is 0 Å². The molecule has 0 atom stereocenters. The predicted octanol–water partition coefficient (Wildman–Crippen LogP) is 3.68. The molecule has 2 aromatic heterocycles. The van der Waals surface area contributed by atoms with Crippen LogP contribution in [-0.2, 0) is 13.0 Å². The van der Waals surface area contributed by atoms with E-state index in [1.165, 1.54) is 10.9 Å². The van der Waals surface area contributed by atoms with Gasteiger partial charge in [0.25, 0.3) is 0 Å². The van der Waals surface area contributed by atoms with Crippen molar-refractivity contribution in [2.45, 2.75) is 33.7 Å². The van der Waals surface area contributed by atoms with Crippen molar-refractivity contribution in [3.05, 3.63) is 51.4 Å². The van der Waals surface area contributed by atoms with E-state index >= 15 is 0 Å². The lowest BCUT2D eigenvalue weighted by atomic mass is 10.1. The Morgan fingerprint density at radius 1 is 1.31 bits per heavy atom. The number of hydrogen-bond donors (Lipinski definition) is 3. The number of H-pyrrole nitrogens is 1. The summed E-state index contributed by atoms with van der Waals surface area (Å²) in [6, 6.07) is 4.82. The van der Waals surface area contributed by atoms with Gasteiger partial charge >= 0.3 is 0 Å². The molecule has 0 radical (unpaired) electrons. The third kappa shape index (κ3) is 4.40. The predicted molar refractivity (Wildman–Crippen MR) is 106 cm³/mol. The van der Waals surface area contributed by atoms with Gasteiger partial charge in [0.2, 0.25) is 0 Å². The topological polar surface area (TPSA) is 65.1 Å². The molecule has 0 aliphatic heterocycles. The molecule has 0 spiro atoms. The fourth-order valence-corrected chi connectivity index (χ4v) is 3.75. The summed E-state index contributed by atoms with van der Waals surface area (Å²) in [7, 11) is 0. The average molecular weight is 374 g/mol. The first kappa shape index (κ1) is 18.4. The number of thiazole rings is 1. The molecule has 5 nitrogen and oxygen atoms in total. The van der Waals surface area contributed by atoms with E-state index < -0.39 is 0 Å². The second-order valence-corrected chi connectivity index (χ2v) is 7.40. The van der Waals surface area contributed by atoms with Gasteiger partial charge in [-0.25, -0.2) is 14.4 Å². The number of hydrogen-bond acceptors (Lipinski definition) is 3. The SMILES string of the molecule is CCNC(=NCc1sc(C)nc1C)NCCc1c[nH]c2ccc(F)cc12. The Morgan fingerprint density at radius 2 is 2.15 bits per heavy atom. The van der Waals surface area contributed by atoms with Crippen LogP contribution in [0.15, 0.2) is 29.4 Å². The van der Waals surface area contributed by atoms with E-state index in [0.29, 0.717) is 6.54 Å². The maximum absolute atomic E-state index is 13.5. The Kier molecular flexibility index (Phi) is 5.88. The normalized spacial score (nSPS) is 11.9. The van der Waals surface area contributed by atoms with E-state index in [4.69, 9.17) is 0 Å². The quantitative estimate of drug-likeness (QED) is 0.456. The number of nitrogens with zero attached hydrogens (tertiary/aromatic N) is 2. The minimum Gasteiger partial charge on any atom is -0.361 e. The van der Waals surface area contributed by atoms with Crippen LogP contribution in [0.25, 0.3) is 10.9 Å². The first-order valence-electron chi connectivity index (χ1n) is 8.77. The second-order valence-electron chi connectivity index (χ2n) is 6.12. The van der Waals surface area contributed by atoms with Crippen molar-refractivity contribution >= 4 is 28.2 Å². The molecule has 0 aliphatic carbocycles. The van der Waals surface area contributed by atoms with E-state index in [2.05, 4.69) is 25.6 Å². The zero-order valence-electron chi connectivity index (χ0n) is 15.3. The number of rotatable bonds is 6. The summed E-state index contributed by atoms with van der Waals surface area (Å²) in [4.78, 5) is 13.5. The Balaban J connectivity index is 1.62. The van der Waals surface area contributed by atoms with E-state index in [1.54, 1.807) is 23.5 Å². The molecule has 0 aliphatic rings. The summed E-state index contributed by atoms with van der Waals surface area (Å²) >= 11 is 1.69. The van der Waals surface area contributed by atoms with Gasteiger partial charge in [0.15, 0.2) is 5.96 Å². The Bertz CT molecular complexity index is 912. The highest BCUT2D eigenvalue weighted by Gasteiger charge is 2.07. The Hall–Kier alpha value is -2.41. The van der Waals surface area contributed by atoms with Gasteiger partial charge in [-0.1, -0.05) is 0 Å². The summed E-state index contributed by atoms with van der Waals surface area (Å²) in [6.07, 6.45) is 2.73. The number of aromatic nitrogens is 2. The average Bonchev–Trinajstić information content (AvgIpc) is 3.15. The molecule has 1 aromatic carbocycles. The minimum atomic E-state index is -0.212. The van der Waals surface area contributed by atoms with Crippen molar-refractivity contribution < 1.29 is 4.39 Å². The fourth-order valence-electron chi connectivity index (χ4n) is 2.89. The van der Waals surface area contributed by atoms with Gasteiger partial charge in [-0.2, -0.15) is 0 Å². The van der Waals surface area contributed by atoms with E-state index in [-0.39, 0.29) is 5.82 Å². The van der Waals surface area contributed by atoms with Crippen LogP contribution in [0.5, 0.6) is 0 Å². The summed E-state index contributed by atoms with van der Waals surface area (Å²) in [5.74, 6) is 0.570. The van der Waals surface area contributed by atoms with Gasteiger partial charge in [-0.05, 0) is 51.0 Å². The second kappa shape index (κ2) is 8.31. The van der Waals surface area contributed by atoms with E-state index in [1.807, 2.05) is 27.0 Å². The Morgan fingerprint density at radius 3 is 2.88 bits per heavy atom. The van der Waals surface area contributed by atoms with Crippen LogP contribution in [0.2, 0.25) is 0 Å². The van der Waals surface area contributed by atoms with Crippen molar-refractivity contribution in [2.24, 2.45) is 4.99 Å². The number of aliphatic imine (C=N–C) groups is 1. The summed E-state index contributed by atoms with van der Waals surface area (Å²) in [6.45, 7) is 8.21. The van der Waals surface area contributed by atoms with Crippen LogP contribution < -0.4 is 10.6 Å². The first-order chi connectivity index (χ1) is 12.6. The molecular formula is C19H24FN5S. The molecule has 7 heteroatoms. The molecular weight excluding hydrogens is 349 g/mol. The van der Waals surface area contributed by atoms with Crippen LogP contribution in [0.1, 0.15) is 28.1 Å². The third-order valence-electron chi connectivity index (χ3n) is 4.14. The van der Waals surface area contributed by atoms with Crippen LogP contribution in [0.4, 0.5) is 4.39 Å². The maximum Gasteiger partial charge on any atom is 0.191 e. The zero-order chi connectivity index (χ0) is 18.5. The number of halogens is 1. The van der Waals surface area contributed by atoms with E-state index in [9.17, 15) is 4.39 Å². The van der Waals surface area contributed by atoms with Crippen molar-refractivity contribution in [3.8, 4) is 0 Å². The lowest BCUT2D eigenvalue weighted by Crippen LogP contribution is -2.38. The molecule has 3 N–H and O–H groups in total. The lowest BCUT2D eigenvalue weighted by Gasteiger charge is -2.11. The zero-order valence-corrected chi connectivity index (χ0v) is 16.1. The van der Waals surface area contributed by atoms with Gasteiger partial charge in [0, 0.05) is 35.1 Å². The molecule has 3 aromatic rings. The fraction of sp³-hybridized carbons (Fsp3) is 0.368. The van der Waals surface area contributed by atoms with Gasteiger partial charge in [-0.15, -0.1) is 11.3 Å². The van der Waals surface area contributed by atoms with Gasteiger partial charge in [0.05, 0.1) is 17.2 Å². The maximum atomic E-state index is 13.5. The molecule has 138 valence electrons. The summed E-state index contributed by atoms with van der Waals surface area (Å²) < 4.78 is 13.5. The van der Waals surface area contributed by atoms with Crippen LogP contribution >= 0.6 is 11.3 Å². The van der Waals surface area contributed by atoms with Crippen molar-refractivity contribution in [2.75, 3.05) is 13.1 Å². The van der Waals surface area contributed by atoms with E-state index in [0.717, 1.165) is 52.6 Å². The van der Waals surface area contributed by atoms with Crippen molar-refractivity contribution in [1.29, 1.82) is 0 Å². The molecule has 0 saturated carbocycles. The number of guanidine groups is 1. The van der Waals surface area contributed by atoms with Crippen LogP contribution in [0, 0.1) is 19.7 Å². The highest BCUT2D eigenvalue weighted by atomic mass is 32.1. The molecule has 0 unspecified atom stereocenters. The monoisotopic (exact) mass is 373 g/mol. The van der Waals surface area contributed by atoms with Crippen molar-refractivity contribution in [1.82, 2.24) is 20.6 Å². The van der Waals surface area contributed by atoms with Crippen molar-refractivity contribution in [3.63, 3.8) is 0 Å². The number of nitrogens with one attached hydrogen (secondary N) is 3. The number of fused-ring (bicyclic) bond motifs is 1. The summed E-state index contributed by atoms with van der Waals surface area (Å²) in [5, 5.41) is 8.61. The molecule has 2 heterocycles. The molecule has 0 bridgehead atoms. The molecule has 0 saturated heterocycles. The largest absolute Gasteiger partial charge is 0.361 e.